The van der Waals surface area contributed by atoms with Gasteiger partial charge in [-0.3, -0.25) is 24.0 Å². The molecular weight excluding hydrogens is 654 g/mol. The molecule has 11 heteroatoms. The molecule has 0 saturated heterocycles. The number of fused-ring (bicyclic) bond motifs is 18. The number of ether oxygens (including phenoxy) is 1. The van der Waals surface area contributed by atoms with Crippen LogP contribution in [-0.2, 0) is 14.3 Å². The number of amides is 1. The fourth-order valence-electron chi connectivity index (χ4n) is 5.71. The highest BCUT2D eigenvalue weighted by Crippen LogP contribution is 2.37. The summed E-state index contributed by atoms with van der Waals surface area (Å²) in [5.41, 5.74) is -0.768. The molecule has 0 aromatic heterocycles. The number of hydrogen-bond donors (Lipinski definition) is 5. The maximum absolute atomic E-state index is 13.9. The molecule has 0 fully saturated rings. The zero-order valence-corrected chi connectivity index (χ0v) is 30.0. The van der Waals surface area contributed by atoms with Crippen LogP contribution >= 0.6 is 0 Å². The number of nitrogens with one attached hydrogen (secondary N) is 1. The highest BCUT2D eigenvalue weighted by Gasteiger charge is 2.39. The topological polar surface area (TPSA) is 188 Å². The normalized spacial score (nSPS) is 27.0. The predicted molar refractivity (Wildman–Crippen MR) is 192 cm³/mol. The van der Waals surface area contributed by atoms with Crippen molar-refractivity contribution in [3.63, 3.8) is 0 Å². The molecule has 51 heavy (non-hydrogen) atoms. The Morgan fingerprint density at radius 1 is 0.765 bits per heavy atom. The van der Waals surface area contributed by atoms with Gasteiger partial charge in [0.2, 0.25) is 17.5 Å². The average molecular weight is 702 g/mol. The number of aliphatic hydroxyl groups is 3. The number of aryl methyl sites for hydroxylation is 1. The van der Waals surface area contributed by atoms with E-state index >= 15 is 0 Å². The van der Waals surface area contributed by atoms with Crippen molar-refractivity contribution in [1.29, 1.82) is 0 Å². The first-order chi connectivity index (χ1) is 24.0. The molecule has 0 spiro atoms. The second-order valence-electron chi connectivity index (χ2n) is 13.0. The van der Waals surface area contributed by atoms with Gasteiger partial charge in [-0.05, 0) is 50.0 Å². The van der Waals surface area contributed by atoms with Crippen LogP contribution in [0.2, 0.25) is 0 Å². The minimum atomic E-state index is -1.01. The molecule has 272 valence electrons. The van der Waals surface area contributed by atoms with Gasteiger partial charge in [0.25, 0.3) is 0 Å². The Morgan fingerprint density at radius 3 is 2.10 bits per heavy atom. The number of aliphatic hydroxyl groups excluding tert-OH is 3. The Bertz CT molecular complexity index is 1790. The van der Waals surface area contributed by atoms with Crippen molar-refractivity contribution in [2.45, 2.75) is 72.7 Å². The number of hydrogen-bond acceptors (Lipinski definition) is 10. The summed E-state index contributed by atoms with van der Waals surface area (Å²) in [5.74, 6) is -5.93. The van der Waals surface area contributed by atoms with Crippen molar-refractivity contribution in [3.8, 4) is 5.75 Å². The summed E-state index contributed by atoms with van der Waals surface area (Å²) in [5, 5.41) is 45.6. The van der Waals surface area contributed by atoms with Crippen molar-refractivity contribution in [1.82, 2.24) is 5.32 Å². The Labute approximate surface area is 298 Å². The Hall–Kier alpha value is -4.97. The van der Waals surface area contributed by atoms with Crippen LogP contribution in [0.4, 0.5) is 0 Å². The summed E-state index contributed by atoms with van der Waals surface area (Å²) in [6, 6.07) is 1.27. The first-order valence-electron chi connectivity index (χ1n) is 16.7. The van der Waals surface area contributed by atoms with E-state index in [1.54, 1.807) is 58.1 Å². The van der Waals surface area contributed by atoms with E-state index in [1.165, 1.54) is 44.2 Å². The predicted octanol–water partition coefficient (Wildman–Crippen LogP) is 4.71. The third-order valence-electron chi connectivity index (χ3n) is 8.99. The van der Waals surface area contributed by atoms with Gasteiger partial charge in [-0.25, -0.2) is 0 Å². The van der Waals surface area contributed by atoms with Crippen LogP contribution in [0, 0.1) is 24.7 Å². The second kappa shape index (κ2) is 17.8. The van der Waals surface area contributed by atoms with Crippen LogP contribution in [0.25, 0.3) is 0 Å². The van der Waals surface area contributed by atoms with E-state index in [1.807, 2.05) is 0 Å². The lowest BCUT2D eigenvalue weighted by molar-refractivity contribution is -0.118. The van der Waals surface area contributed by atoms with E-state index in [0.717, 1.165) is 13.2 Å². The van der Waals surface area contributed by atoms with Crippen molar-refractivity contribution in [3.05, 3.63) is 112 Å². The van der Waals surface area contributed by atoms with E-state index in [2.05, 4.69) is 5.32 Å². The van der Waals surface area contributed by atoms with Crippen LogP contribution in [0.5, 0.6) is 5.75 Å². The molecule has 11 nitrogen and oxygen atoms in total. The smallest absolute Gasteiger partial charge is 0.248 e. The molecule has 3 aliphatic rings. The Balaban J connectivity index is 2.08. The van der Waals surface area contributed by atoms with Gasteiger partial charge in [-0.1, -0.05) is 75.5 Å². The van der Waals surface area contributed by atoms with Gasteiger partial charge in [0, 0.05) is 35.8 Å². The SMILES string of the molecule is COC1=C2NC(=O)C=CC=C/C=C/C(C)C(O)CC(=O)C(C)=CCC(O)C=CC(C)C(O)C(C)C=C(C)C(=O)c3c(O)c(C)cc(c3C1=O)C2=O. The summed E-state index contributed by atoms with van der Waals surface area (Å²) >= 11 is 0. The van der Waals surface area contributed by atoms with Gasteiger partial charge in [-0.2, -0.15) is 0 Å². The summed E-state index contributed by atoms with van der Waals surface area (Å²) in [4.78, 5) is 66.8. The molecule has 1 aliphatic carbocycles. The highest BCUT2D eigenvalue weighted by atomic mass is 16.5. The molecule has 0 radical (unpaired) electrons. The number of methoxy groups -OCH3 is 1. The lowest BCUT2D eigenvalue weighted by Gasteiger charge is -2.24. The zero-order chi connectivity index (χ0) is 38.2. The van der Waals surface area contributed by atoms with Gasteiger partial charge in [0.15, 0.2) is 17.3 Å². The van der Waals surface area contributed by atoms with E-state index in [4.69, 9.17) is 4.74 Å². The fourth-order valence-corrected chi connectivity index (χ4v) is 5.71. The number of ketones is 4. The minimum absolute atomic E-state index is 0.0879. The molecule has 2 aliphatic heterocycles. The lowest BCUT2D eigenvalue weighted by atomic mass is 9.82. The molecular formula is C40H47NO10. The van der Waals surface area contributed by atoms with E-state index in [-0.39, 0.29) is 46.8 Å². The summed E-state index contributed by atoms with van der Waals surface area (Å²) in [6.45, 7) is 9.70. The largest absolute Gasteiger partial charge is 0.507 e. The number of carbonyl (C=O) groups excluding carboxylic acids is 5. The third-order valence-corrected chi connectivity index (χ3v) is 8.99. The second-order valence-corrected chi connectivity index (χ2v) is 13.0. The van der Waals surface area contributed by atoms with Crippen molar-refractivity contribution in [2.75, 3.05) is 7.11 Å². The van der Waals surface area contributed by atoms with Crippen molar-refractivity contribution in [2.24, 2.45) is 17.8 Å². The molecule has 6 unspecified atom stereocenters. The van der Waals surface area contributed by atoms with Crippen LogP contribution in [0.15, 0.2) is 89.4 Å². The first kappa shape index (κ1) is 40.5. The molecule has 1 aromatic carbocycles. The monoisotopic (exact) mass is 701 g/mol. The van der Waals surface area contributed by atoms with Gasteiger partial charge in [0.1, 0.15) is 11.4 Å². The van der Waals surface area contributed by atoms with Gasteiger partial charge >= 0.3 is 0 Å². The molecule has 0 saturated carbocycles. The van der Waals surface area contributed by atoms with Crippen LogP contribution in [-0.4, -0.2) is 74.9 Å². The van der Waals surface area contributed by atoms with E-state index in [9.17, 15) is 44.4 Å². The zero-order valence-electron chi connectivity index (χ0n) is 30.0. The molecule has 1 aromatic rings. The van der Waals surface area contributed by atoms with Crippen molar-refractivity contribution >= 4 is 29.0 Å². The van der Waals surface area contributed by atoms with E-state index in [0.29, 0.717) is 5.57 Å². The molecule has 2 heterocycles. The van der Waals surface area contributed by atoms with Gasteiger partial charge in [0.05, 0.1) is 36.5 Å². The number of Topliss-reactive ketones (excluding diaryl/α,β-unsaturated/α-hetero) is 4. The number of aromatic hydroxyl groups is 1. The molecule has 4 bridgehead atoms. The quantitative estimate of drug-likeness (QED) is 0.257. The fraction of sp³-hybridized carbons (Fsp3) is 0.375. The molecule has 6 atom stereocenters. The molecule has 5 N–H and O–H groups in total. The van der Waals surface area contributed by atoms with Gasteiger partial charge < -0.3 is 30.5 Å². The summed E-state index contributed by atoms with van der Waals surface area (Å²) in [6.07, 6.45) is 12.3. The number of carbonyl (C=O) groups is 5. The number of rotatable bonds is 1. The van der Waals surface area contributed by atoms with Crippen molar-refractivity contribution < 1.29 is 49.1 Å². The molecule has 4 rings (SSSR count). The summed E-state index contributed by atoms with van der Waals surface area (Å²) in [7, 11) is 1.14. The first-order valence-corrected chi connectivity index (χ1v) is 16.7. The van der Waals surface area contributed by atoms with Crippen LogP contribution in [0.1, 0.15) is 84.1 Å². The summed E-state index contributed by atoms with van der Waals surface area (Å²) < 4.78 is 5.25. The standard InChI is InChI=1S/C40H47NO10/c1-21-12-10-8-9-11-13-31(45)41-34-38(49)28-19-26(6)37(48)33(32(28)39(50)40(34)51-7)36(47)25(5)18-24(4)35(46)23(3)15-17-27(42)16-14-22(2)30(44)20-29(21)43/h8-15,17-19,21,23-24,27,29,35,42-43,46,48H,16,20H2,1-7H3,(H,41,45)/b9-8?,12-10+,13-11?,17-15?,22-14?,25-18?. The Morgan fingerprint density at radius 2 is 1.43 bits per heavy atom. The highest BCUT2D eigenvalue weighted by molar-refractivity contribution is 6.31. The third kappa shape index (κ3) is 9.84. The maximum atomic E-state index is 13.9. The number of benzene rings is 1. The Kier molecular flexibility index (Phi) is 14.1. The average Bonchev–Trinajstić information content (AvgIpc) is 3.09. The number of phenols is 1. The molecule has 1 amide bonds. The lowest BCUT2D eigenvalue weighted by Crippen LogP contribution is -2.35. The van der Waals surface area contributed by atoms with Crippen LogP contribution < -0.4 is 5.32 Å². The minimum Gasteiger partial charge on any atom is -0.507 e. The van der Waals surface area contributed by atoms with Gasteiger partial charge in [-0.15, -0.1) is 0 Å². The number of phenolic OH excluding ortho intramolecular Hbond substituents is 1. The van der Waals surface area contributed by atoms with Crippen LogP contribution in [0.3, 0.4) is 0 Å². The van der Waals surface area contributed by atoms with E-state index < -0.39 is 76.2 Å². The maximum Gasteiger partial charge on any atom is 0.248 e. The number of allylic oxidation sites excluding steroid dienone is 8.